The second-order valence-corrected chi connectivity index (χ2v) is 4.14. The van der Waals surface area contributed by atoms with E-state index in [1.165, 1.54) is 0 Å². The Balaban J connectivity index is 2.46. The highest BCUT2D eigenvalue weighted by atomic mass is 16.5. The number of benzene rings is 1. The van der Waals surface area contributed by atoms with Crippen LogP contribution in [-0.4, -0.2) is 25.2 Å². The quantitative estimate of drug-likeness (QED) is 0.735. The van der Waals surface area contributed by atoms with Crippen LogP contribution in [0.1, 0.15) is 11.1 Å². The summed E-state index contributed by atoms with van der Waals surface area (Å²) in [5.74, 6) is -0.156. The lowest BCUT2D eigenvalue weighted by molar-refractivity contribution is -0.126. The average molecular weight is 230 g/mol. The van der Waals surface area contributed by atoms with Gasteiger partial charge < -0.3 is 4.74 Å². The molecule has 1 heterocycles. The summed E-state index contributed by atoms with van der Waals surface area (Å²) in [6, 6.07) is 7.34. The first-order valence-corrected chi connectivity index (χ1v) is 5.50. The van der Waals surface area contributed by atoms with Gasteiger partial charge in [0.05, 0.1) is 12.7 Å². The third-order valence-electron chi connectivity index (χ3n) is 3.07. The number of amides is 1. The second kappa shape index (κ2) is 4.56. The van der Waals surface area contributed by atoms with Crippen molar-refractivity contribution >= 4 is 11.6 Å². The number of morpholine rings is 1. The lowest BCUT2D eigenvalue weighted by atomic mass is 10.1. The van der Waals surface area contributed by atoms with Crippen LogP contribution in [0.15, 0.2) is 18.2 Å². The Morgan fingerprint density at radius 2 is 2.24 bits per heavy atom. The molecule has 0 spiro atoms. The van der Waals surface area contributed by atoms with Gasteiger partial charge in [0.25, 0.3) is 5.91 Å². The molecular weight excluding hydrogens is 216 g/mol. The van der Waals surface area contributed by atoms with Crippen molar-refractivity contribution in [2.75, 3.05) is 18.1 Å². The van der Waals surface area contributed by atoms with Gasteiger partial charge in [-0.3, -0.25) is 9.69 Å². The SMILES string of the molecule is Cc1cccc(N2C(=O)COCC2C#N)c1C. The molecule has 1 amide bonds. The highest BCUT2D eigenvalue weighted by Crippen LogP contribution is 2.26. The fourth-order valence-electron chi connectivity index (χ4n) is 1.97. The lowest BCUT2D eigenvalue weighted by Crippen LogP contribution is -2.49. The number of ether oxygens (including phenoxy) is 1. The van der Waals surface area contributed by atoms with Crippen molar-refractivity contribution in [2.24, 2.45) is 0 Å². The summed E-state index contributed by atoms with van der Waals surface area (Å²) >= 11 is 0. The van der Waals surface area contributed by atoms with Crippen molar-refractivity contribution in [3.05, 3.63) is 29.3 Å². The molecule has 0 N–H and O–H groups in total. The minimum Gasteiger partial charge on any atom is -0.368 e. The summed E-state index contributed by atoms with van der Waals surface area (Å²) in [4.78, 5) is 13.4. The molecule has 1 aromatic carbocycles. The summed E-state index contributed by atoms with van der Waals surface area (Å²) in [5, 5.41) is 9.08. The van der Waals surface area contributed by atoms with Gasteiger partial charge in [0.1, 0.15) is 12.6 Å². The number of aryl methyl sites for hydroxylation is 1. The lowest BCUT2D eigenvalue weighted by Gasteiger charge is -2.32. The molecule has 88 valence electrons. The van der Waals surface area contributed by atoms with Crippen molar-refractivity contribution in [3.63, 3.8) is 0 Å². The van der Waals surface area contributed by atoms with E-state index in [0.29, 0.717) is 0 Å². The zero-order chi connectivity index (χ0) is 12.4. The molecule has 1 unspecified atom stereocenters. The van der Waals surface area contributed by atoms with E-state index in [1.807, 2.05) is 32.0 Å². The topological polar surface area (TPSA) is 53.3 Å². The number of hydrogen-bond acceptors (Lipinski definition) is 3. The molecule has 17 heavy (non-hydrogen) atoms. The van der Waals surface area contributed by atoms with E-state index in [0.717, 1.165) is 16.8 Å². The number of carbonyl (C=O) groups is 1. The van der Waals surface area contributed by atoms with Crippen molar-refractivity contribution in [3.8, 4) is 6.07 Å². The minimum atomic E-state index is -0.531. The van der Waals surface area contributed by atoms with E-state index < -0.39 is 6.04 Å². The zero-order valence-electron chi connectivity index (χ0n) is 9.93. The number of anilines is 1. The van der Waals surface area contributed by atoms with E-state index in [-0.39, 0.29) is 19.1 Å². The fourth-order valence-corrected chi connectivity index (χ4v) is 1.97. The molecule has 0 aliphatic carbocycles. The van der Waals surface area contributed by atoms with Crippen molar-refractivity contribution < 1.29 is 9.53 Å². The second-order valence-electron chi connectivity index (χ2n) is 4.14. The van der Waals surface area contributed by atoms with Gasteiger partial charge in [-0.05, 0) is 31.0 Å². The van der Waals surface area contributed by atoms with Gasteiger partial charge in [0.15, 0.2) is 0 Å². The summed E-state index contributed by atoms with van der Waals surface area (Å²) in [6.45, 7) is 4.27. The molecule has 1 aliphatic heterocycles. The molecule has 1 aliphatic rings. The monoisotopic (exact) mass is 230 g/mol. The van der Waals surface area contributed by atoms with Crippen LogP contribution in [0, 0.1) is 25.2 Å². The normalized spacial score (nSPS) is 20.2. The maximum absolute atomic E-state index is 11.9. The molecule has 4 heteroatoms. The van der Waals surface area contributed by atoms with Crippen LogP contribution in [0.3, 0.4) is 0 Å². The number of nitriles is 1. The maximum Gasteiger partial charge on any atom is 0.254 e. The van der Waals surface area contributed by atoms with Gasteiger partial charge in [-0.2, -0.15) is 5.26 Å². The summed E-state index contributed by atoms with van der Waals surface area (Å²) in [7, 11) is 0. The first kappa shape index (κ1) is 11.6. The number of nitrogens with zero attached hydrogens (tertiary/aromatic N) is 2. The molecular formula is C13H14N2O2. The van der Waals surface area contributed by atoms with Gasteiger partial charge in [-0.25, -0.2) is 0 Å². The van der Waals surface area contributed by atoms with E-state index in [9.17, 15) is 4.79 Å². The van der Waals surface area contributed by atoms with E-state index in [4.69, 9.17) is 10.00 Å². The fraction of sp³-hybridized carbons (Fsp3) is 0.385. The summed E-state index contributed by atoms with van der Waals surface area (Å²) in [6.07, 6.45) is 0. The largest absolute Gasteiger partial charge is 0.368 e. The van der Waals surface area contributed by atoms with Crippen molar-refractivity contribution in [1.82, 2.24) is 0 Å². The molecule has 0 saturated carbocycles. The Labute approximate surface area is 100 Å². The van der Waals surface area contributed by atoms with Gasteiger partial charge in [0.2, 0.25) is 0 Å². The van der Waals surface area contributed by atoms with Gasteiger partial charge in [-0.15, -0.1) is 0 Å². The zero-order valence-corrected chi connectivity index (χ0v) is 9.93. The first-order chi connectivity index (χ1) is 8.15. The molecule has 1 saturated heterocycles. The summed E-state index contributed by atoms with van der Waals surface area (Å²) in [5.41, 5.74) is 2.95. The Morgan fingerprint density at radius 3 is 2.94 bits per heavy atom. The maximum atomic E-state index is 11.9. The number of hydrogen-bond donors (Lipinski definition) is 0. The Hall–Kier alpha value is -1.86. The molecule has 0 aromatic heterocycles. The molecule has 1 atom stereocenters. The van der Waals surface area contributed by atoms with Crippen LogP contribution in [0.2, 0.25) is 0 Å². The summed E-state index contributed by atoms with van der Waals surface area (Å²) < 4.78 is 5.09. The van der Waals surface area contributed by atoms with E-state index in [1.54, 1.807) is 4.90 Å². The van der Waals surface area contributed by atoms with Crippen LogP contribution in [0.5, 0.6) is 0 Å². The molecule has 0 bridgehead atoms. The van der Waals surface area contributed by atoms with Crippen LogP contribution in [-0.2, 0) is 9.53 Å². The predicted molar refractivity (Wildman–Crippen MR) is 63.6 cm³/mol. The molecule has 1 aromatic rings. The third-order valence-corrected chi connectivity index (χ3v) is 3.07. The Bertz CT molecular complexity index is 491. The van der Waals surface area contributed by atoms with Crippen LogP contribution in [0.4, 0.5) is 5.69 Å². The van der Waals surface area contributed by atoms with Crippen LogP contribution >= 0.6 is 0 Å². The standard InChI is InChI=1S/C13H14N2O2/c1-9-4-3-5-12(10(9)2)15-11(6-14)7-17-8-13(15)16/h3-5,11H,7-8H2,1-2H3. The van der Waals surface area contributed by atoms with E-state index in [2.05, 4.69) is 6.07 Å². The Morgan fingerprint density at radius 1 is 1.47 bits per heavy atom. The van der Waals surface area contributed by atoms with Crippen LogP contribution in [0.25, 0.3) is 0 Å². The third kappa shape index (κ3) is 2.02. The van der Waals surface area contributed by atoms with Gasteiger partial charge >= 0.3 is 0 Å². The molecule has 4 nitrogen and oxygen atoms in total. The highest BCUT2D eigenvalue weighted by molar-refractivity contribution is 5.96. The number of rotatable bonds is 1. The van der Waals surface area contributed by atoms with Gasteiger partial charge in [-0.1, -0.05) is 12.1 Å². The molecule has 2 rings (SSSR count). The Kier molecular flexibility index (Phi) is 3.12. The highest BCUT2D eigenvalue weighted by Gasteiger charge is 2.30. The van der Waals surface area contributed by atoms with Crippen molar-refractivity contribution in [1.29, 1.82) is 5.26 Å². The van der Waals surface area contributed by atoms with Gasteiger partial charge in [0, 0.05) is 5.69 Å². The predicted octanol–water partition coefficient (Wildman–Crippen LogP) is 1.56. The minimum absolute atomic E-state index is 0.0472. The smallest absolute Gasteiger partial charge is 0.254 e. The van der Waals surface area contributed by atoms with E-state index >= 15 is 0 Å². The molecule has 1 fully saturated rings. The average Bonchev–Trinajstić information content (AvgIpc) is 2.33. The van der Waals surface area contributed by atoms with Crippen molar-refractivity contribution in [2.45, 2.75) is 19.9 Å². The molecule has 0 radical (unpaired) electrons. The first-order valence-electron chi connectivity index (χ1n) is 5.50. The number of carbonyl (C=O) groups excluding carboxylic acids is 1. The van der Waals surface area contributed by atoms with Crippen LogP contribution < -0.4 is 4.90 Å².